The van der Waals surface area contributed by atoms with E-state index in [1.54, 1.807) is 22.2 Å². The molecule has 0 aliphatic carbocycles. The maximum Gasteiger partial charge on any atom is 0.230 e. The molecule has 3 fully saturated rings. The Hall–Kier alpha value is -2.32. The molecule has 0 radical (unpaired) electrons. The fourth-order valence-corrected chi connectivity index (χ4v) is 4.69. The Labute approximate surface area is 157 Å². The summed E-state index contributed by atoms with van der Waals surface area (Å²) in [6.45, 7) is 4.94. The van der Waals surface area contributed by atoms with Crippen molar-refractivity contribution in [1.29, 1.82) is 0 Å². The van der Waals surface area contributed by atoms with Crippen LogP contribution in [-0.2, 0) is 25.6 Å². The maximum absolute atomic E-state index is 13.2. The lowest BCUT2D eigenvalue weighted by molar-refractivity contribution is -0.146. The van der Waals surface area contributed by atoms with Gasteiger partial charge in [0.05, 0.1) is 61.8 Å². The van der Waals surface area contributed by atoms with Crippen LogP contribution in [0, 0.1) is 18.8 Å². The quantitative estimate of drug-likeness (QED) is 0.693. The molecule has 2 unspecified atom stereocenters. The molecular weight excluding hydrogens is 348 g/mol. The highest BCUT2D eigenvalue weighted by molar-refractivity contribution is 5.93. The Bertz CT molecular complexity index is 804. The molecule has 2 amide bonds. The highest BCUT2D eigenvalue weighted by Gasteiger charge is 2.67. The number of rotatable bonds is 3. The first-order valence-electron chi connectivity index (χ1n) is 9.37. The van der Waals surface area contributed by atoms with Crippen molar-refractivity contribution in [3.8, 4) is 0 Å². The van der Waals surface area contributed by atoms with Crippen molar-refractivity contribution < 1.29 is 19.1 Å². The molecule has 0 aromatic carbocycles. The number of amides is 2. The van der Waals surface area contributed by atoms with Crippen LogP contribution in [0.5, 0.6) is 0 Å². The van der Waals surface area contributed by atoms with Crippen molar-refractivity contribution in [2.45, 2.75) is 25.2 Å². The second-order valence-electron chi connectivity index (χ2n) is 7.68. The summed E-state index contributed by atoms with van der Waals surface area (Å²) in [6, 6.07) is 0. The van der Waals surface area contributed by atoms with Crippen LogP contribution in [0.25, 0.3) is 0 Å². The lowest BCUT2D eigenvalue weighted by Crippen LogP contribution is -2.49. The van der Waals surface area contributed by atoms with Gasteiger partial charge in [0.15, 0.2) is 0 Å². The molecule has 5 heterocycles. The van der Waals surface area contributed by atoms with Gasteiger partial charge >= 0.3 is 0 Å². The van der Waals surface area contributed by atoms with E-state index in [0.29, 0.717) is 39.4 Å². The summed E-state index contributed by atoms with van der Waals surface area (Å²) in [6.07, 6.45) is 7.00. The highest BCUT2D eigenvalue weighted by atomic mass is 16.5. The minimum Gasteiger partial charge on any atom is -0.378 e. The van der Waals surface area contributed by atoms with Crippen LogP contribution in [-0.4, -0.2) is 76.1 Å². The monoisotopic (exact) mass is 370 g/mol. The topological polar surface area (TPSA) is 84.9 Å². The van der Waals surface area contributed by atoms with Crippen LogP contribution in [0.4, 0.5) is 0 Å². The summed E-state index contributed by atoms with van der Waals surface area (Å²) < 4.78 is 11.5. The minimum atomic E-state index is -0.688. The first kappa shape index (κ1) is 16.8. The van der Waals surface area contributed by atoms with Crippen molar-refractivity contribution in [3.63, 3.8) is 0 Å². The largest absolute Gasteiger partial charge is 0.378 e. The average Bonchev–Trinajstić information content (AvgIpc) is 3.32. The lowest BCUT2D eigenvalue weighted by atomic mass is 9.76. The number of aromatic nitrogens is 2. The summed E-state index contributed by atoms with van der Waals surface area (Å²) >= 11 is 0. The number of hydrogen-bond donors (Lipinski definition) is 0. The molecule has 1 aromatic heterocycles. The summed E-state index contributed by atoms with van der Waals surface area (Å²) in [7, 11) is 0. The van der Waals surface area contributed by atoms with E-state index in [4.69, 9.17) is 9.47 Å². The molecule has 142 valence electrons. The molecule has 8 nitrogen and oxygen atoms in total. The smallest absolute Gasteiger partial charge is 0.230 e. The Balaban J connectivity index is 1.38. The first-order chi connectivity index (χ1) is 13.1. The van der Waals surface area contributed by atoms with Gasteiger partial charge in [0.1, 0.15) is 5.60 Å². The molecule has 4 atom stereocenters. The number of carbonyl (C=O) groups is 2. The SMILES string of the molecule is Cc1cnc(CN2C[C@@]34C=C[C@@H](O3)C(C(=O)N3CCOCC3)C4C2=O)cn1. The molecule has 1 aromatic rings. The van der Waals surface area contributed by atoms with E-state index in [1.165, 1.54) is 0 Å². The highest BCUT2D eigenvalue weighted by Crippen LogP contribution is 2.52. The lowest BCUT2D eigenvalue weighted by Gasteiger charge is -2.32. The molecule has 0 saturated carbocycles. The van der Waals surface area contributed by atoms with E-state index in [1.807, 2.05) is 19.1 Å². The van der Waals surface area contributed by atoms with Gasteiger partial charge in [-0.2, -0.15) is 0 Å². The molecule has 1 spiro atoms. The van der Waals surface area contributed by atoms with E-state index in [0.717, 1.165) is 11.4 Å². The zero-order valence-corrected chi connectivity index (χ0v) is 15.2. The number of hydrogen-bond acceptors (Lipinski definition) is 6. The van der Waals surface area contributed by atoms with E-state index in [-0.39, 0.29) is 17.9 Å². The van der Waals surface area contributed by atoms with E-state index < -0.39 is 17.4 Å². The van der Waals surface area contributed by atoms with E-state index in [2.05, 4.69) is 9.97 Å². The molecule has 2 bridgehead atoms. The summed E-state index contributed by atoms with van der Waals surface area (Å²) in [5, 5.41) is 0. The third kappa shape index (κ3) is 2.58. The number of morpholine rings is 1. The van der Waals surface area contributed by atoms with Crippen LogP contribution in [0.1, 0.15) is 11.4 Å². The van der Waals surface area contributed by atoms with Crippen molar-refractivity contribution in [2.24, 2.45) is 11.8 Å². The molecule has 8 heteroatoms. The molecule has 27 heavy (non-hydrogen) atoms. The van der Waals surface area contributed by atoms with E-state index in [9.17, 15) is 9.59 Å². The Kier molecular flexibility index (Phi) is 3.80. The van der Waals surface area contributed by atoms with Gasteiger partial charge in [-0.3, -0.25) is 19.6 Å². The predicted molar refractivity (Wildman–Crippen MR) is 93.3 cm³/mol. The Morgan fingerprint density at radius 1 is 1.30 bits per heavy atom. The van der Waals surface area contributed by atoms with Crippen LogP contribution in [0.15, 0.2) is 24.5 Å². The average molecular weight is 370 g/mol. The summed E-state index contributed by atoms with van der Waals surface area (Å²) in [5.41, 5.74) is 0.884. The molecule has 3 saturated heterocycles. The fourth-order valence-electron chi connectivity index (χ4n) is 4.69. The maximum atomic E-state index is 13.2. The second-order valence-corrected chi connectivity index (χ2v) is 7.68. The number of fused-ring (bicyclic) bond motifs is 1. The number of carbonyl (C=O) groups excluding carboxylic acids is 2. The molecular formula is C19H22N4O4. The fraction of sp³-hybridized carbons (Fsp3) is 0.579. The van der Waals surface area contributed by atoms with Gasteiger partial charge < -0.3 is 19.3 Å². The molecule has 5 rings (SSSR count). The first-order valence-corrected chi connectivity index (χ1v) is 9.37. The molecule has 4 aliphatic rings. The van der Waals surface area contributed by atoms with Crippen molar-refractivity contribution in [3.05, 3.63) is 35.9 Å². The number of nitrogens with zero attached hydrogens (tertiary/aromatic N) is 4. The van der Waals surface area contributed by atoms with Crippen molar-refractivity contribution >= 4 is 11.8 Å². The predicted octanol–water partition coefficient (Wildman–Crippen LogP) is -0.0742. The zero-order chi connectivity index (χ0) is 18.6. The van der Waals surface area contributed by atoms with Crippen LogP contribution in [0.2, 0.25) is 0 Å². The number of ether oxygens (including phenoxy) is 2. The van der Waals surface area contributed by atoms with Gasteiger partial charge in [-0.05, 0) is 6.92 Å². The standard InChI is InChI=1S/C19H22N4O4/c1-12-8-21-13(9-20-12)10-23-11-19-3-2-14(27-19)15(16(19)18(23)25)17(24)22-4-6-26-7-5-22/h2-3,8-9,14-16H,4-7,10-11H2,1H3/t14-,15?,16?,19-/m1/s1. The third-order valence-corrected chi connectivity index (χ3v) is 5.97. The molecule has 4 aliphatic heterocycles. The van der Waals surface area contributed by atoms with E-state index >= 15 is 0 Å². The van der Waals surface area contributed by atoms with Gasteiger partial charge in [-0.1, -0.05) is 12.2 Å². The van der Waals surface area contributed by atoms with Gasteiger partial charge in [-0.15, -0.1) is 0 Å². The van der Waals surface area contributed by atoms with Gasteiger partial charge in [0.2, 0.25) is 11.8 Å². The van der Waals surface area contributed by atoms with Gasteiger partial charge in [0, 0.05) is 19.3 Å². The van der Waals surface area contributed by atoms with Crippen LogP contribution in [0.3, 0.4) is 0 Å². The summed E-state index contributed by atoms with van der Waals surface area (Å²) in [4.78, 5) is 38.5. The normalized spacial score (nSPS) is 34.4. The van der Waals surface area contributed by atoms with Crippen molar-refractivity contribution in [2.75, 3.05) is 32.8 Å². The van der Waals surface area contributed by atoms with Crippen LogP contribution < -0.4 is 0 Å². The Morgan fingerprint density at radius 3 is 2.85 bits per heavy atom. The third-order valence-electron chi connectivity index (χ3n) is 5.97. The molecule has 0 N–H and O–H groups in total. The number of aryl methyl sites for hydroxylation is 1. The zero-order valence-electron chi connectivity index (χ0n) is 15.2. The van der Waals surface area contributed by atoms with Gasteiger partial charge in [0.25, 0.3) is 0 Å². The second kappa shape index (κ2) is 6.10. The number of likely N-dealkylation sites (tertiary alicyclic amines) is 1. The summed E-state index contributed by atoms with van der Waals surface area (Å²) in [5.74, 6) is -0.934. The van der Waals surface area contributed by atoms with Gasteiger partial charge in [-0.25, -0.2) is 0 Å². The van der Waals surface area contributed by atoms with Crippen LogP contribution >= 0.6 is 0 Å². The minimum absolute atomic E-state index is 0.00449. The van der Waals surface area contributed by atoms with Crippen molar-refractivity contribution in [1.82, 2.24) is 19.8 Å². The Morgan fingerprint density at radius 2 is 2.11 bits per heavy atom.